The van der Waals surface area contributed by atoms with E-state index < -0.39 is 10.1 Å². The normalized spacial score (nSPS) is 15.8. The van der Waals surface area contributed by atoms with Crippen molar-refractivity contribution in [1.29, 1.82) is 0 Å². The molecule has 0 bridgehead atoms. The van der Waals surface area contributed by atoms with Crippen molar-refractivity contribution >= 4 is 38.5 Å². The Morgan fingerprint density at radius 2 is 1.77 bits per heavy atom. The molecule has 1 aliphatic heterocycles. The van der Waals surface area contributed by atoms with E-state index in [0.717, 1.165) is 0 Å². The summed E-state index contributed by atoms with van der Waals surface area (Å²) in [4.78, 5) is 12.9. The van der Waals surface area contributed by atoms with Gasteiger partial charge in [0.15, 0.2) is 0 Å². The fourth-order valence-corrected chi connectivity index (χ4v) is 4.14. The van der Waals surface area contributed by atoms with Crippen LogP contribution in [0.5, 0.6) is 6.01 Å². The number of hydrogen-bond donors (Lipinski definition) is 1. The number of quaternary nitrogens is 1. The number of hydrogen-bond acceptors (Lipinski definition) is 9. The maximum absolute atomic E-state index is 11.8. The molecule has 11 nitrogen and oxygen atoms in total. The molecular weight excluding hydrogens is 426 g/mol. The van der Waals surface area contributed by atoms with E-state index in [-0.39, 0.29) is 27.7 Å². The van der Waals surface area contributed by atoms with Gasteiger partial charge in [-0.15, -0.1) is 9.97 Å². The Balaban J connectivity index is 0.00000272. The highest BCUT2D eigenvalue weighted by atomic mass is 32.2. The first-order chi connectivity index (χ1) is 14.3. The van der Waals surface area contributed by atoms with Gasteiger partial charge in [0.1, 0.15) is 23.2 Å². The number of likely N-dealkylation sites (N-methyl/N-ethyl adjacent to an activating group) is 1. The van der Waals surface area contributed by atoms with Gasteiger partial charge in [0.2, 0.25) is 5.95 Å². The molecule has 0 amide bonds. The number of fused-ring (bicyclic) bond motifs is 1. The molecule has 0 spiro atoms. The van der Waals surface area contributed by atoms with Crippen LogP contribution in [0.1, 0.15) is 0 Å². The van der Waals surface area contributed by atoms with Crippen LogP contribution in [-0.2, 0) is 14.9 Å². The summed E-state index contributed by atoms with van der Waals surface area (Å²) < 4.78 is 46.5. The van der Waals surface area contributed by atoms with E-state index in [1.54, 1.807) is 24.3 Å². The van der Waals surface area contributed by atoms with Crippen molar-refractivity contribution in [3.8, 4) is 6.01 Å². The Morgan fingerprint density at radius 3 is 2.42 bits per heavy atom. The SMILES string of the molecule is COc1nc(Nc2cccc3cccc(S(=O)(=O)[O-])c23)nc([N+]2(C)CCOCC2)n1.O. The summed E-state index contributed by atoms with van der Waals surface area (Å²) in [6, 6.07) is 9.83. The van der Waals surface area contributed by atoms with Crippen LogP contribution >= 0.6 is 0 Å². The molecular formula is C19H23N5O6S. The summed E-state index contributed by atoms with van der Waals surface area (Å²) in [6.07, 6.45) is 0. The number of benzene rings is 2. The van der Waals surface area contributed by atoms with Gasteiger partial charge in [-0.25, -0.2) is 8.42 Å². The van der Waals surface area contributed by atoms with Crippen LogP contribution in [0.3, 0.4) is 0 Å². The first kappa shape index (κ1) is 22.8. The van der Waals surface area contributed by atoms with Gasteiger partial charge in [0.05, 0.1) is 38.0 Å². The third-order valence-electron chi connectivity index (χ3n) is 5.11. The zero-order chi connectivity index (χ0) is 21.4. The van der Waals surface area contributed by atoms with Crippen molar-refractivity contribution in [3.63, 3.8) is 0 Å². The van der Waals surface area contributed by atoms with Crippen LogP contribution in [0.25, 0.3) is 10.8 Å². The molecule has 1 saturated heterocycles. The molecule has 0 atom stereocenters. The lowest BCUT2D eigenvalue weighted by Crippen LogP contribution is -2.54. The summed E-state index contributed by atoms with van der Waals surface area (Å²) >= 11 is 0. The van der Waals surface area contributed by atoms with E-state index in [0.29, 0.717) is 47.8 Å². The second-order valence-corrected chi connectivity index (χ2v) is 8.49. The van der Waals surface area contributed by atoms with E-state index in [1.165, 1.54) is 19.2 Å². The highest BCUT2D eigenvalue weighted by Gasteiger charge is 2.32. The average Bonchev–Trinajstić information content (AvgIpc) is 2.73. The van der Waals surface area contributed by atoms with Gasteiger partial charge in [0.25, 0.3) is 0 Å². The number of rotatable bonds is 5. The van der Waals surface area contributed by atoms with E-state index in [2.05, 4.69) is 20.3 Å². The highest BCUT2D eigenvalue weighted by Crippen LogP contribution is 2.32. The maximum atomic E-state index is 11.8. The molecule has 3 N–H and O–H groups in total. The highest BCUT2D eigenvalue weighted by molar-refractivity contribution is 7.86. The Kier molecular flexibility index (Phi) is 6.38. The molecule has 2 heterocycles. The van der Waals surface area contributed by atoms with E-state index >= 15 is 0 Å². The Labute approximate surface area is 179 Å². The Bertz CT molecular complexity index is 1190. The molecule has 0 unspecified atom stereocenters. The minimum absolute atomic E-state index is 0. The minimum atomic E-state index is -4.68. The fourth-order valence-electron chi connectivity index (χ4n) is 3.42. The summed E-state index contributed by atoms with van der Waals surface area (Å²) in [5.74, 6) is 0.692. The number of anilines is 2. The van der Waals surface area contributed by atoms with Crippen LogP contribution in [0.2, 0.25) is 0 Å². The summed E-state index contributed by atoms with van der Waals surface area (Å²) in [6.45, 7) is 2.56. The second-order valence-electron chi connectivity index (χ2n) is 7.14. The van der Waals surface area contributed by atoms with Gasteiger partial charge < -0.3 is 24.8 Å². The monoisotopic (exact) mass is 449 g/mol. The third-order valence-corrected chi connectivity index (χ3v) is 5.99. The number of nitrogens with one attached hydrogen (secondary N) is 1. The summed E-state index contributed by atoms with van der Waals surface area (Å²) in [5.41, 5.74) is 0.395. The number of morpholine rings is 1. The number of ether oxygens (including phenoxy) is 2. The van der Waals surface area contributed by atoms with Crippen molar-refractivity contribution < 1.29 is 27.9 Å². The maximum Gasteiger partial charge on any atom is 0.336 e. The summed E-state index contributed by atoms with van der Waals surface area (Å²) in [7, 11) is -1.22. The van der Waals surface area contributed by atoms with Crippen molar-refractivity contribution in [1.82, 2.24) is 19.4 Å². The van der Waals surface area contributed by atoms with Crippen LogP contribution in [-0.4, -0.2) is 73.9 Å². The van der Waals surface area contributed by atoms with Gasteiger partial charge in [-0.05, 0) is 17.5 Å². The van der Waals surface area contributed by atoms with Crippen molar-refractivity contribution in [3.05, 3.63) is 36.4 Å². The molecule has 12 heteroatoms. The van der Waals surface area contributed by atoms with Crippen LogP contribution in [0.4, 0.5) is 17.6 Å². The second kappa shape index (κ2) is 8.69. The first-order valence-corrected chi connectivity index (χ1v) is 10.7. The molecule has 3 aromatic rings. The largest absolute Gasteiger partial charge is 0.744 e. The number of aromatic nitrogens is 3. The zero-order valence-electron chi connectivity index (χ0n) is 17.0. The van der Waals surface area contributed by atoms with E-state index in [9.17, 15) is 13.0 Å². The van der Waals surface area contributed by atoms with Gasteiger partial charge in [-0.1, -0.05) is 24.3 Å². The number of nitrogens with zero attached hydrogens (tertiary/aromatic N) is 4. The van der Waals surface area contributed by atoms with Gasteiger partial charge in [0, 0.05) is 5.39 Å². The lowest BCUT2D eigenvalue weighted by atomic mass is 10.1. The molecule has 0 saturated carbocycles. The third kappa shape index (κ3) is 4.57. The lowest BCUT2D eigenvalue weighted by Gasteiger charge is -2.34. The Morgan fingerprint density at radius 1 is 1.10 bits per heavy atom. The van der Waals surface area contributed by atoms with Gasteiger partial charge in [-0.3, -0.25) is 4.48 Å². The van der Waals surface area contributed by atoms with Gasteiger partial charge in [-0.2, -0.15) is 4.98 Å². The first-order valence-electron chi connectivity index (χ1n) is 9.28. The molecule has 166 valence electrons. The average molecular weight is 449 g/mol. The predicted octanol–water partition coefficient (Wildman–Crippen LogP) is 0.824. The fraction of sp³-hybridized carbons (Fsp3) is 0.316. The molecule has 1 fully saturated rings. The lowest BCUT2D eigenvalue weighted by molar-refractivity contribution is 0.0493. The molecule has 31 heavy (non-hydrogen) atoms. The quantitative estimate of drug-likeness (QED) is 0.440. The molecule has 0 aliphatic carbocycles. The van der Waals surface area contributed by atoms with E-state index in [4.69, 9.17) is 9.47 Å². The summed E-state index contributed by atoms with van der Waals surface area (Å²) in [5, 5.41) is 3.93. The van der Waals surface area contributed by atoms with Crippen molar-refractivity contribution in [2.24, 2.45) is 0 Å². The smallest absolute Gasteiger partial charge is 0.336 e. The predicted molar refractivity (Wildman–Crippen MR) is 113 cm³/mol. The van der Waals surface area contributed by atoms with Crippen LogP contribution in [0.15, 0.2) is 41.3 Å². The van der Waals surface area contributed by atoms with E-state index in [1.807, 2.05) is 7.05 Å². The number of methoxy groups -OCH3 is 1. The van der Waals surface area contributed by atoms with Crippen molar-refractivity contribution in [2.75, 3.05) is 45.8 Å². The van der Waals surface area contributed by atoms with Crippen LogP contribution < -0.4 is 14.5 Å². The minimum Gasteiger partial charge on any atom is -0.744 e. The standard InChI is InChI=1S/C19H21N5O5S.H2O/c1-24(9-11-29-12-10-24)18-21-17(22-19(23-18)28-2)20-14-7-3-5-13-6-4-8-15(16(13)14)30(25,26)27;/h3-8H,9-12H2,1-2H3,(H-,20,21,22,23,25,26,27);1H2. The Hall–Kier alpha value is -2.90. The molecule has 1 aromatic heterocycles. The van der Waals surface area contributed by atoms with Gasteiger partial charge >= 0.3 is 12.0 Å². The molecule has 4 rings (SSSR count). The zero-order valence-corrected chi connectivity index (χ0v) is 17.8. The van der Waals surface area contributed by atoms with Crippen molar-refractivity contribution in [2.45, 2.75) is 4.90 Å². The topological polar surface area (TPSA) is 158 Å². The molecule has 2 aromatic carbocycles. The van der Waals surface area contributed by atoms with Crippen LogP contribution in [0, 0.1) is 0 Å². The molecule has 0 radical (unpaired) electrons. The molecule has 1 aliphatic rings.